The van der Waals surface area contributed by atoms with Gasteiger partial charge in [0.1, 0.15) is 5.42 Å². The van der Waals surface area contributed by atoms with Crippen LogP contribution < -0.4 is 41.7 Å². The number of para-hydroxylation sites is 6. The van der Waals surface area contributed by atoms with Crippen molar-refractivity contribution in [1.29, 1.82) is 0 Å². The van der Waals surface area contributed by atoms with Crippen molar-refractivity contribution in [1.82, 2.24) is 0 Å². The number of rotatable bonds is 7. The molecule has 0 atom stereocenters. The average Bonchev–Trinajstić information content (AvgIpc) is 3.66. The highest BCUT2D eigenvalue weighted by atomic mass is 16.3. The van der Waals surface area contributed by atoms with Crippen LogP contribution in [0, 0.1) is 5.92 Å². The lowest BCUT2D eigenvalue weighted by Gasteiger charge is -2.48. The van der Waals surface area contributed by atoms with Crippen LogP contribution in [0.1, 0.15) is 112 Å². The molecular weight excluding hydrogens is 838 g/mol. The highest BCUT2D eigenvalue weighted by molar-refractivity contribution is 7.00. The summed E-state index contributed by atoms with van der Waals surface area (Å²) in [5, 5.41) is 1.95. The van der Waals surface area contributed by atoms with Crippen molar-refractivity contribution < 1.29 is 4.42 Å². The molecular formula is C64H68BN3O. The van der Waals surface area contributed by atoms with Crippen LogP contribution in [0.4, 0.5) is 51.2 Å². The summed E-state index contributed by atoms with van der Waals surface area (Å²) in [7, 11) is 0. The van der Waals surface area contributed by atoms with E-state index >= 15 is 0 Å². The first-order valence-electron chi connectivity index (χ1n) is 25.1. The second-order valence-corrected chi connectivity index (χ2v) is 22.8. The van der Waals surface area contributed by atoms with Gasteiger partial charge < -0.3 is 19.1 Å². The van der Waals surface area contributed by atoms with Crippen LogP contribution in [0.2, 0.25) is 0 Å². The maximum atomic E-state index is 7.08. The van der Waals surface area contributed by atoms with Crippen molar-refractivity contribution in [3.05, 3.63) is 178 Å². The first kappa shape index (κ1) is 46.0. The number of hydrogen-bond donors (Lipinski definition) is 0. The number of aryl methyl sites for hydroxylation is 1. The van der Waals surface area contributed by atoms with Crippen LogP contribution in [0.15, 0.2) is 150 Å². The molecule has 3 heterocycles. The summed E-state index contributed by atoms with van der Waals surface area (Å²) in [4.78, 5) is 7.73. The zero-order chi connectivity index (χ0) is 48.9. The Kier molecular flexibility index (Phi) is 11.2. The second-order valence-electron chi connectivity index (χ2n) is 22.8. The second kappa shape index (κ2) is 16.8. The molecule has 1 aromatic heterocycles. The van der Waals surface area contributed by atoms with E-state index in [0.29, 0.717) is 5.92 Å². The van der Waals surface area contributed by atoms with E-state index in [1.165, 1.54) is 78.3 Å². The maximum Gasteiger partial charge on any atom is 0.252 e. The van der Waals surface area contributed by atoms with Gasteiger partial charge in [-0.3, -0.25) is 0 Å². The summed E-state index contributed by atoms with van der Waals surface area (Å²) in [6.45, 7) is 34.7. The van der Waals surface area contributed by atoms with Gasteiger partial charge in [0.15, 0.2) is 5.58 Å². The minimum absolute atomic E-state index is 0.0385. The zero-order valence-electron chi connectivity index (χ0n) is 43.2. The summed E-state index contributed by atoms with van der Waals surface area (Å²) >= 11 is 0. The lowest BCUT2D eigenvalue weighted by Crippen LogP contribution is -2.62. The SMILES string of the molecule is C=c1/c(=C(\C)C(C)C)oc2c(N(c3ccccc3)c3cc4c5c(c3)N(c3ccccc3C(C)(C)C)c3c(cccc3C(C)(C)C)B5c3cccc(CC)c3N4c3ccccc3C(C)(C)C)cccc12. The minimum Gasteiger partial charge on any atom is -0.454 e. The van der Waals surface area contributed by atoms with E-state index < -0.39 is 0 Å². The quantitative estimate of drug-likeness (QED) is 0.149. The van der Waals surface area contributed by atoms with Crippen LogP contribution in [0.25, 0.3) is 23.1 Å². The molecule has 2 aliphatic heterocycles. The fourth-order valence-electron chi connectivity index (χ4n) is 11.2. The third kappa shape index (κ3) is 7.52. The average molecular weight is 906 g/mol. The molecule has 10 rings (SSSR count). The van der Waals surface area contributed by atoms with Crippen molar-refractivity contribution in [2.75, 3.05) is 14.7 Å². The van der Waals surface area contributed by atoms with Gasteiger partial charge in [0.25, 0.3) is 6.71 Å². The smallest absolute Gasteiger partial charge is 0.252 e. The third-order valence-corrected chi connectivity index (χ3v) is 14.8. The van der Waals surface area contributed by atoms with Crippen LogP contribution in [-0.4, -0.2) is 6.71 Å². The standard InChI is InChI=1S/C64H68BN3O/c1-15-43-26-23-33-50-58(43)67(52-35-21-19-30-47(52)62(6,7)8)55-38-45(66(44-27-17-16-18-28-44)54-37-24-29-46-42(5)60(69-61(46)54)41(4)40(2)3)39-56-57(55)65(50)51-34-25-32-49(64(12,13)14)59(51)68(56)53-36-22-20-31-48(53)63(9,10)11/h16-40H,5,15H2,1-4,6-14H3/b60-41-. The van der Waals surface area contributed by atoms with Crippen molar-refractivity contribution in [2.24, 2.45) is 5.92 Å². The van der Waals surface area contributed by atoms with Gasteiger partial charge in [-0.1, -0.05) is 193 Å². The molecule has 5 heteroatoms. The van der Waals surface area contributed by atoms with Gasteiger partial charge in [-0.2, -0.15) is 0 Å². The largest absolute Gasteiger partial charge is 0.454 e. The molecule has 0 unspecified atom stereocenters. The Morgan fingerprint density at radius 1 is 0.580 bits per heavy atom. The lowest BCUT2D eigenvalue weighted by molar-refractivity contribution is 0.564. The van der Waals surface area contributed by atoms with Crippen molar-refractivity contribution in [3.63, 3.8) is 0 Å². The van der Waals surface area contributed by atoms with Crippen molar-refractivity contribution >= 4 is 97.4 Å². The topological polar surface area (TPSA) is 22.9 Å². The Labute approximate surface area is 411 Å². The number of fused-ring (bicyclic) bond motifs is 5. The Morgan fingerprint density at radius 2 is 1.09 bits per heavy atom. The molecule has 0 saturated carbocycles. The van der Waals surface area contributed by atoms with Gasteiger partial charge in [-0.05, 0) is 122 Å². The van der Waals surface area contributed by atoms with Crippen LogP contribution in [0.3, 0.4) is 0 Å². The van der Waals surface area contributed by atoms with E-state index in [1.807, 2.05) is 0 Å². The van der Waals surface area contributed by atoms with Gasteiger partial charge in [-0.15, -0.1) is 0 Å². The number of nitrogens with zero attached hydrogens (tertiary/aromatic N) is 3. The van der Waals surface area contributed by atoms with E-state index in [2.05, 4.69) is 257 Å². The van der Waals surface area contributed by atoms with Crippen LogP contribution >= 0.6 is 0 Å². The molecule has 7 aromatic carbocycles. The molecule has 0 amide bonds. The van der Waals surface area contributed by atoms with Gasteiger partial charge in [0, 0.05) is 50.4 Å². The van der Waals surface area contributed by atoms with E-state index in [9.17, 15) is 0 Å². The first-order valence-corrected chi connectivity index (χ1v) is 25.1. The molecule has 8 aromatic rings. The lowest BCUT2D eigenvalue weighted by atomic mass is 9.33. The number of hydrogen-bond acceptors (Lipinski definition) is 4. The van der Waals surface area contributed by atoms with Gasteiger partial charge in [-0.25, -0.2) is 0 Å². The highest BCUT2D eigenvalue weighted by Crippen LogP contribution is 2.53. The summed E-state index contributed by atoms with van der Waals surface area (Å²) < 4.78 is 7.08. The maximum absolute atomic E-state index is 7.08. The van der Waals surface area contributed by atoms with Gasteiger partial charge >= 0.3 is 0 Å². The predicted octanol–water partition coefficient (Wildman–Crippen LogP) is 14.7. The van der Waals surface area contributed by atoms with Crippen LogP contribution in [0.5, 0.6) is 0 Å². The van der Waals surface area contributed by atoms with E-state index in [1.54, 1.807) is 0 Å². The summed E-state index contributed by atoms with van der Waals surface area (Å²) in [5.74, 6) is 0.308. The van der Waals surface area contributed by atoms with E-state index in [-0.39, 0.29) is 23.0 Å². The molecule has 0 aliphatic carbocycles. The monoisotopic (exact) mass is 906 g/mol. The molecule has 0 radical (unpaired) electrons. The van der Waals surface area contributed by atoms with Crippen molar-refractivity contribution in [3.8, 4) is 0 Å². The Bertz CT molecular complexity index is 3410. The van der Waals surface area contributed by atoms with Gasteiger partial charge in [0.2, 0.25) is 0 Å². The summed E-state index contributed by atoms with van der Waals surface area (Å²) in [6, 6.07) is 54.7. The molecule has 0 saturated heterocycles. The Hall–Kier alpha value is -6.72. The number of furan rings is 1. The predicted molar refractivity (Wildman–Crippen MR) is 299 cm³/mol. The fraction of sp³-hybridized carbons (Fsp3) is 0.281. The summed E-state index contributed by atoms with van der Waals surface area (Å²) in [6.07, 6.45) is 0.894. The van der Waals surface area contributed by atoms with Crippen LogP contribution in [-0.2, 0) is 22.7 Å². The molecule has 4 nitrogen and oxygen atoms in total. The highest BCUT2D eigenvalue weighted by Gasteiger charge is 2.47. The minimum atomic E-state index is -0.168. The van der Waals surface area contributed by atoms with E-state index in [4.69, 9.17) is 4.42 Å². The molecule has 69 heavy (non-hydrogen) atoms. The zero-order valence-corrected chi connectivity index (χ0v) is 43.2. The third-order valence-electron chi connectivity index (χ3n) is 14.8. The fourth-order valence-corrected chi connectivity index (χ4v) is 11.2. The molecule has 0 fully saturated rings. The normalized spacial score (nSPS) is 14.0. The Balaban J connectivity index is 1.43. The van der Waals surface area contributed by atoms with Crippen molar-refractivity contribution in [2.45, 2.75) is 113 Å². The summed E-state index contributed by atoms with van der Waals surface area (Å²) in [5.41, 5.74) is 22.0. The van der Waals surface area contributed by atoms with E-state index in [0.717, 1.165) is 45.1 Å². The Morgan fingerprint density at radius 3 is 1.65 bits per heavy atom. The molecule has 348 valence electrons. The number of benzene rings is 7. The first-order chi connectivity index (χ1) is 32.8. The van der Waals surface area contributed by atoms with Gasteiger partial charge in [0.05, 0.1) is 11.4 Å². The molecule has 0 spiro atoms. The molecule has 0 bridgehead atoms. The number of anilines is 9. The molecule has 0 N–H and O–H groups in total. The molecule has 2 aliphatic rings.